The van der Waals surface area contributed by atoms with Crippen molar-refractivity contribution in [2.75, 3.05) is 4.90 Å². The molecular formula is C41H27N3S. The molecule has 3 nitrogen and oxygen atoms in total. The number of anilines is 3. The van der Waals surface area contributed by atoms with Crippen molar-refractivity contribution in [2.45, 2.75) is 0 Å². The minimum Gasteiger partial charge on any atom is -0.310 e. The van der Waals surface area contributed by atoms with E-state index in [0.717, 1.165) is 55.9 Å². The summed E-state index contributed by atoms with van der Waals surface area (Å²) in [4.78, 5) is 7.63. The van der Waals surface area contributed by atoms with E-state index in [9.17, 15) is 0 Å². The van der Waals surface area contributed by atoms with Crippen molar-refractivity contribution in [3.05, 3.63) is 164 Å². The summed E-state index contributed by atoms with van der Waals surface area (Å²) in [5.74, 6) is 0. The normalized spacial score (nSPS) is 11.6. The van der Waals surface area contributed by atoms with Crippen molar-refractivity contribution >= 4 is 70.5 Å². The molecule has 212 valence electrons. The summed E-state index contributed by atoms with van der Waals surface area (Å²) in [6.07, 6.45) is 0. The van der Waals surface area contributed by atoms with Gasteiger partial charge in [-0.15, -0.1) is 11.3 Å². The lowest BCUT2D eigenvalue weighted by atomic mass is 10.1. The van der Waals surface area contributed by atoms with Gasteiger partial charge in [-0.25, -0.2) is 4.98 Å². The number of benzene rings is 6. The zero-order valence-corrected chi connectivity index (χ0v) is 25.2. The molecule has 0 N–H and O–H groups in total. The monoisotopic (exact) mass is 593 g/mol. The fourth-order valence-electron chi connectivity index (χ4n) is 6.52. The molecule has 0 saturated heterocycles. The van der Waals surface area contributed by atoms with Gasteiger partial charge in [0.25, 0.3) is 0 Å². The summed E-state index contributed by atoms with van der Waals surface area (Å²) < 4.78 is 4.97. The maximum absolute atomic E-state index is 5.32. The SMILES string of the molecule is c1ccc(-c2ccc3c(n2)c2cc4c(cc2n3-c2cccc(N(c3ccccc3)c3ccccc3)c2)sc2ccccc24)cc1. The minimum atomic E-state index is 0.977. The Labute approximate surface area is 264 Å². The number of hydrogen-bond acceptors (Lipinski definition) is 3. The first kappa shape index (κ1) is 25.8. The van der Waals surface area contributed by atoms with Crippen molar-refractivity contribution in [2.24, 2.45) is 0 Å². The highest BCUT2D eigenvalue weighted by atomic mass is 32.1. The summed E-state index contributed by atoms with van der Waals surface area (Å²) in [6.45, 7) is 0. The van der Waals surface area contributed by atoms with E-state index >= 15 is 0 Å². The van der Waals surface area contributed by atoms with E-state index in [4.69, 9.17) is 4.98 Å². The maximum Gasteiger partial charge on any atom is 0.0971 e. The molecule has 0 radical (unpaired) electrons. The van der Waals surface area contributed by atoms with Crippen LogP contribution < -0.4 is 4.90 Å². The molecule has 0 aliphatic carbocycles. The second-order valence-corrected chi connectivity index (χ2v) is 12.3. The van der Waals surface area contributed by atoms with Crippen molar-refractivity contribution in [1.29, 1.82) is 0 Å². The number of hydrogen-bond donors (Lipinski definition) is 0. The summed E-state index contributed by atoms with van der Waals surface area (Å²) in [7, 11) is 0. The second-order valence-electron chi connectivity index (χ2n) is 11.3. The topological polar surface area (TPSA) is 21.1 Å². The number of rotatable bonds is 5. The number of nitrogens with zero attached hydrogens (tertiary/aromatic N) is 3. The maximum atomic E-state index is 5.32. The van der Waals surface area contributed by atoms with Crippen molar-refractivity contribution in [1.82, 2.24) is 9.55 Å². The van der Waals surface area contributed by atoms with Gasteiger partial charge in [-0.3, -0.25) is 0 Å². The van der Waals surface area contributed by atoms with Crippen LogP contribution in [0.15, 0.2) is 164 Å². The predicted octanol–water partition coefficient (Wildman–Crippen LogP) is 11.7. The highest BCUT2D eigenvalue weighted by Gasteiger charge is 2.19. The summed E-state index contributed by atoms with van der Waals surface area (Å²) in [5, 5.41) is 3.73. The Morgan fingerprint density at radius 2 is 1.13 bits per heavy atom. The summed E-state index contributed by atoms with van der Waals surface area (Å²) in [6, 6.07) is 58.2. The van der Waals surface area contributed by atoms with Gasteiger partial charge in [-0.2, -0.15) is 0 Å². The Morgan fingerprint density at radius 3 is 1.89 bits per heavy atom. The smallest absolute Gasteiger partial charge is 0.0971 e. The lowest BCUT2D eigenvalue weighted by Gasteiger charge is -2.26. The van der Waals surface area contributed by atoms with Gasteiger partial charge in [0, 0.05) is 53.9 Å². The fourth-order valence-corrected chi connectivity index (χ4v) is 7.64. The molecule has 6 aromatic carbocycles. The number of fused-ring (bicyclic) bond motifs is 6. The minimum absolute atomic E-state index is 0.977. The predicted molar refractivity (Wildman–Crippen MR) is 192 cm³/mol. The van der Waals surface area contributed by atoms with Gasteiger partial charge in [0.05, 0.1) is 22.2 Å². The molecule has 0 atom stereocenters. The van der Waals surface area contributed by atoms with Crippen LogP contribution in [0, 0.1) is 0 Å². The van der Waals surface area contributed by atoms with Crippen LogP contribution in [0.1, 0.15) is 0 Å². The fraction of sp³-hybridized carbons (Fsp3) is 0. The van der Waals surface area contributed by atoms with Crippen LogP contribution in [0.3, 0.4) is 0 Å². The van der Waals surface area contributed by atoms with Crippen LogP contribution in [0.25, 0.3) is 59.1 Å². The van der Waals surface area contributed by atoms with Gasteiger partial charge in [0.1, 0.15) is 0 Å². The highest BCUT2D eigenvalue weighted by Crippen LogP contribution is 2.42. The largest absolute Gasteiger partial charge is 0.310 e. The molecule has 0 aliphatic heterocycles. The molecule has 0 aliphatic rings. The van der Waals surface area contributed by atoms with Crippen LogP contribution >= 0.6 is 11.3 Å². The molecule has 0 bridgehead atoms. The molecule has 0 saturated carbocycles. The third kappa shape index (κ3) is 4.30. The third-order valence-electron chi connectivity index (χ3n) is 8.55. The van der Waals surface area contributed by atoms with Gasteiger partial charge in [0.15, 0.2) is 0 Å². The zero-order chi connectivity index (χ0) is 29.7. The number of para-hydroxylation sites is 2. The van der Waals surface area contributed by atoms with Gasteiger partial charge in [-0.1, -0.05) is 91.0 Å². The average molecular weight is 594 g/mol. The van der Waals surface area contributed by atoms with Gasteiger partial charge in [-0.05, 0) is 72.8 Å². The van der Waals surface area contributed by atoms with Crippen molar-refractivity contribution in [3.63, 3.8) is 0 Å². The molecule has 3 aromatic heterocycles. The van der Waals surface area contributed by atoms with Gasteiger partial charge in [0.2, 0.25) is 0 Å². The molecule has 9 aromatic rings. The standard InChI is InChI=1S/C41H27N3S/c1-4-13-28(14-5-1)36-23-24-37-41(42-36)35-26-34-33-21-10-11-22-39(33)45-40(34)27-38(35)44(37)32-20-12-19-31(25-32)43(29-15-6-2-7-16-29)30-17-8-3-9-18-30/h1-27H. The highest BCUT2D eigenvalue weighted by molar-refractivity contribution is 7.25. The Morgan fingerprint density at radius 1 is 0.467 bits per heavy atom. The first-order valence-corrected chi connectivity index (χ1v) is 16.0. The van der Waals surface area contributed by atoms with Crippen LogP contribution in [0.5, 0.6) is 0 Å². The van der Waals surface area contributed by atoms with Crippen LogP contribution in [-0.2, 0) is 0 Å². The molecule has 0 amide bonds. The molecule has 0 unspecified atom stereocenters. The van der Waals surface area contributed by atoms with Gasteiger partial charge < -0.3 is 9.47 Å². The average Bonchev–Trinajstić information content (AvgIpc) is 3.63. The lowest BCUT2D eigenvalue weighted by molar-refractivity contribution is 1.17. The van der Waals surface area contributed by atoms with Crippen LogP contribution in [-0.4, -0.2) is 9.55 Å². The molecule has 0 fully saturated rings. The van der Waals surface area contributed by atoms with E-state index in [1.54, 1.807) is 0 Å². The zero-order valence-electron chi connectivity index (χ0n) is 24.3. The quantitative estimate of drug-likeness (QED) is 0.198. The summed E-state index contributed by atoms with van der Waals surface area (Å²) >= 11 is 1.85. The Bertz CT molecular complexity index is 2440. The lowest BCUT2D eigenvalue weighted by Crippen LogP contribution is -2.10. The molecule has 0 spiro atoms. The Kier molecular flexibility index (Phi) is 6.00. The third-order valence-corrected chi connectivity index (χ3v) is 9.68. The van der Waals surface area contributed by atoms with Crippen molar-refractivity contribution in [3.8, 4) is 16.9 Å². The summed E-state index contributed by atoms with van der Waals surface area (Å²) in [5.41, 5.74) is 9.78. The number of thiophene rings is 1. The second kappa shape index (κ2) is 10.5. The van der Waals surface area contributed by atoms with E-state index in [2.05, 4.69) is 167 Å². The molecule has 4 heteroatoms. The molecule has 3 heterocycles. The van der Waals surface area contributed by atoms with E-state index in [-0.39, 0.29) is 0 Å². The van der Waals surface area contributed by atoms with E-state index < -0.39 is 0 Å². The number of pyridine rings is 1. The molecule has 9 rings (SSSR count). The van der Waals surface area contributed by atoms with E-state index in [1.807, 2.05) is 17.4 Å². The first-order chi connectivity index (χ1) is 22.3. The Balaban J connectivity index is 1.32. The molecule has 45 heavy (non-hydrogen) atoms. The van der Waals surface area contributed by atoms with Gasteiger partial charge >= 0.3 is 0 Å². The number of aromatic nitrogens is 2. The van der Waals surface area contributed by atoms with Crippen molar-refractivity contribution < 1.29 is 0 Å². The Hall–Kier alpha value is -5.71. The van der Waals surface area contributed by atoms with Crippen LogP contribution in [0.4, 0.5) is 17.1 Å². The first-order valence-electron chi connectivity index (χ1n) is 15.1. The molecular weight excluding hydrogens is 567 g/mol. The van der Waals surface area contributed by atoms with Crippen LogP contribution in [0.2, 0.25) is 0 Å². The van der Waals surface area contributed by atoms with E-state index in [0.29, 0.717) is 0 Å². The van der Waals surface area contributed by atoms with E-state index in [1.165, 1.54) is 20.2 Å².